The molecule has 3 aromatic heterocycles. The zero-order chi connectivity index (χ0) is 24.5. The molecule has 0 spiro atoms. The van der Waals surface area contributed by atoms with Gasteiger partial charge in [-0.25, -0.2) is 9.97 Å². The van der Waals surface area contributed by atoms with Crippen molar-refractivity contribution in [3.63, 3.8) is 0 Å². The number of methoxy groups -OCH3 is 3. The number of benzene rings is 1. The minimum atomic E-state index is 0.476. The monoisotopic (exact) mass is 479 g/mol. The fraction of sp³-hybridized carbons (Fsp3) is 0.375. The largest absolute Gasteiger partial charge is 0.493 e. The van der Waals surface area contributed by atoms with Gasteiger partial charge in [0.1, 0.15) is 17.7 Å². The maximum absolute atomic E-state index is 5.68. The summed E-state index contributed by atoms with van der Waals surface area (Å²) in [6.45, 7) is 1.78. The number of anilines is 3. The summed E-state index contributed by atoms with van der Waals surface area (Å²) in [7, 11) is 8.96. The van der Waals surface area contributed by atoms with E-state index in [1.54, 1.807) is 33.9 Å². The molecule has 1 aromatic carbocycles. The summed E-state index contributed by atoms with van der Waals surface area (Å²) in [6.07, 6.45) is 6.25. The number of furan rings is 1. The first-order valence-electron chi connectivity index (χ1n) is 11.3. The molecule has 4 heterocycles. The molecule has 1 saturated heterocycles. The SMILES string of the molecule is COc1cc(-n2cnc(Nc3nc(N4CC[C@@H](N(C)C)C4)nc4ccoc34)c2)cc(OC)c1OC. The molecule has 0 saturated carbocycles. The van der Waals surface area contributed by atoms with Gasteiger partial charge >= 0.3 is 0 Å². The number of aromatic nitrogens is 4. The van der Waals surface area contributed by atoms with Crippen LogP contribution in [-0.4, -0.2) is 79.0 Å². The number of imidazole rings is 1. The number of hydrogen-bond acceptors (Lipinski definition) is 10. The van der Waals surface area contributed by atoms with Gasteiger partial charge < -0.3 is 38.3 Å². The van der Waals surface area contributed by atoms with Gasteiger partial charge in [0.05, 0.1) is 39.5 Å². The third-order valence-electron chi connectivity index (χ3n) is 6.24. The van der Waals surface area contributed by atoms with Crippen molar-refractivity contribution in [2.75, 3.05) is 58.7 Å². The van der Waals surface area contributed by atoms with E-state index in [1.807, 2.05) is 29.0 Å². The number of nitrogens with zero attached hydrogens (tertiary/aromatic N) is 6. The molecule has 1 fully saturated rings. The second-order valence-electron chi connectivity index (χ2n) is 8.53. The zero-order valence-electron chi connectivity index (χ0n) is 20.5. The molecule has 35 heavy (non-hydrogen) atoms. The Labute approximate surface area is 203 Å². The van der Waals surface area contributed by atoms with Crippen molar-refractivity contribution >= 4 is 28.7 Å². The van der Waals surface area contributed by atoms with Crippen LogP contribution in [0.5, 0.6) is 17.2 Å². The van der Waals surface area contributed by atoms with Crippen molar-refractivity contribution < 1.29 is 18.6 Å². The average Bonchev–Trinajstić information content (AvgIpc) is 3.63. The molecule has 184 valence electrons. The topological polar surface area (TPSA) is 103 Å². The fourth-order valence-corrected chi connectivity index (χ4v) is 4.29. The summed E-state index contributed by atoms with van der Waals surface area (Å²) in [5.41, 5.74) is 2.13. The van der Waals surface area contributed by atoms with E-state index in [0.29, 0.717) is 46.5 Å². The van der Waals surface area contributed by atoms with Crippen LogP contribution in [0, 0.1) is 0 Å². The van der Waals surface area contributed by atoms with Crippen molar-refractivity contribution in [3.8, 4) is 22.9 Å². The van der Waals surface area contributed by atoms with Crippen molar-refractivity contribution in [2.45, 2.75) is 12.5 Å². The summed E-state index contributed by atoms with van der Waals surface area (Å²) in [5.74, 6) is 3.50. The van der Waals surface area contributed by atoms with Crippen LogP contribution >= 0.6 is 0 Å². The second-order valence-corrected chi connectivity index (χ2v) is 8.53. The Balaban J connectivity index is 1.44. The number of fused-ring (bicyclic) bond motifs is 1. The molecule has 11 heteroatoms. The lowest BCUT2D eigenvalue weighted by atomic mass is 10.2. The maximum atomic E-state index is 5.68. The molecule has 5 rings (SSSR count). The minimum absolute atomic E-state index is 0.476. The van der Waals surface area contributed by atoms with Gasteiger partial charge in [-0.3, -0.25) is 0 Å². The minimum Gasteiger partial charge on any atom is -0.493 e. The van der Waals surface area contributed by atoms with Crippen LogP contribution in [0.15, 0.2) is 41.4 Å². The number of likely N-dealkylation sites (N-methyl/N-ethyl adjacent to an activating group) is 1. The van der Waals surface area contributed by atoms with Crippen LogP contribution in [0.2, 0.25) is 0 Å². The molecule has 11 nitrogen and oxygen atoms in total. The molecule has 0 unspecified atom stereocenters. The van der Waals surface area contributed by atoms with E-state index in [9.17, 15) is 0 Å². The molecule has 4 aromatic rings. The first-order valence-corrected chi connectivity index (χ1v) is 11.3. The van der Waals surface area contributed by atoms with Crippen molar-refractivity contribution in [2.24, 2.45) is 0 Å². The van der Waals surface area contributed by atoms with Gasteiger partial charge in [0, 0.05) is 37.3 Å². The van der Waals surface area contributed by atoms with Crippen molar-refractivity contribution in [1.29, 1.82) is 0 Å². The van der Waals surface area contributed by atoms with Crippen LogP contribution < -0.4 is 24.4 Å². The van der Waals surface area contributed by atoms with Gasteiger partial charge in [-0.2, -0.15) is 4.98 Å². The van der Waals surface area contributed by atoms with Crippen LogP contribution in [0.4, 0.5) is 17.6 Å². The van der Waals surface area contributed by atoms with Crippen LogP contribution in [0.1, 0.15) is 6.42 Å². The van der Waals surface area contributed by atoms with E-state index < -0.39 is 0 Å². The molecular weight excluding hydrogens is 450 g/mol. The van der Waals surface area contributed by atoms with Gasteiger partial charge in [-0.05, 0) is 20.5 Å². The quantitative estimate of drug-likeness (QED) is 0.405. The fourth-order valence-electron chi connectivity index (χ4n) is 4.29. The lowest BCUT2D eigenvalue weighted by Gasteiger charge is -2.20. The first kappa shape index (κ1) is 22.8. The number of ether oxygens (including phenoxy) is 3. The normalized spacial score (nSPS) is 15.7. The van der Waals surface area contributed by atoms with Crippen LogP contribution in [0.3, 0.4) is 0 Å². The number of hydrogen-bond donors (Lipinski definition) is 1. The molecule has 1 aliphatic heterocycles. The summed E-state index contributed by atoms with van der Waals surface area (Å²) >= 11 is 0. The van der Waals surface area contributed by atoms with E-state index in [0.717, 1.165) is 30.7 Å². The van der Waals surface area contributed by atoms with Crippen LogP contribution in [-0.2, 0) is 0 Å². The Bertz CT molecular complexity index is 1310. The highest BCUT2D eigenvalue weighted by molar-refractivity contribution is 5.86. The third kappa shape index (κ3) is 4.30. The van der Waals surface area contributed by atoms with Crippen molar-refractivity contribution in [3.05, 3.63) is 37.0 Å². The van der Waals surface area contributed by atoms with E-state index in [1.165, 1.54) is 0 Å². The van der Waals surface area contributed by atoms with Gasteiger partial charge in [0.2, 0.25) is 11.7 Å². The third-order valence-corrected chi connectivity index (χ3v) is 6.24. The maximum Gasteiger partial charge on any atom is 0.228 e. The molecule has 1 N–H and O–H groups in total. The Morgan fingerprint density at radius 3 is 2.51 bits per heavy atom. The van der Waals surface area contributed by atoms with E-state index in [2.05, 4.69) is 34.2 Å². The molecular formula is C24H29N7O4. The highest BCUT2D eigenvalue weighted by Gasteiger charge is 2.27. The van der Waals surface area contributed by atoms with Gasteiger partial charge in [-0.1, -0.05) is 0 Å². The lowest BCUT2D eigenvalue weighted by molar-refractivity contribution is 0.315. The predicted octanol–water partition coefficient (Wildman–Crippen LogP) is 3.32. The Morgan fingerprint density at radius 2 is 1.86 bits per heavy atom. The van der Waals surface area contributed by atoms with Crippen molar-refractivity contribution in [1.82, 2.24) is 24.4 Å². The summed E-state index contributed by atoms with van der Waals surface area (Å²) < 4.78 is 23.9. The first-order chi connectivity index (χ1) is 17.0. The Hall–Kier alpha value is -3.99. The van der Waals surface area contributed by atoms with E-state index >= 15 is 0 Å². The number of rotatable bonds is 8. The Morgan fingerprint density at radius 1 is 1.09 bits per heavy atom. The lowest BCUT2D eigenvalue weighted by Crippen LogP contribution is -2.32. The summed E-state index contributed by atoms with van der Waals surface area (Å²) in [6, 6.07) is 6.04. The van der Waals surface area contributed by atoms with Gasteiger partial charge in [0.25, 0.3) is 0 Å². The van der Waals surface area contributed by atoms with E-state index in [-0.39, 0.29) is 0 Å². The molecule has 0 bridgehead atoms. The number of nitrogens with one attached hydrogen (secondary N) is 1. The highest BCUT2D eigenvalue weighted by atomic mass is 16.5. The molecule has 1 aliphatic rings. The zero-order valence-corrected chi connectivity index (χ0v) is 20.5. The molecule has 0 radical (unpaired) electrons. The van der Waals surface area contributed by atoms with Gasteiger partial charge in [-0.15, -0.1) is 0 Å². The molecule has 0 amide bonds. The van der Waals surface area contributed by atoms with E-state index in [4.69, 9.17) is 28.6 Å². The molecule has 0 aliphatic carbocycles. The summed E-state index contributed by atoms with van der Waals surface area (Å²) in [5, 5.41) is 3.30. The smallest absolute Gasteiger partial charge is 0.228 e. The van der Waals surface area contributed by atoms with Crippen LogP contribution in [0.25, 0.3) is 16.8 Å². The summed E-state index contributed by atoms with van der Waals surface area (Å²) in [4.78, 5) is 18.5. The highest BCUT2D eigenvalue weighted by Crippen LogP contribution is 2.39. The standard InChI is InChI=1S/C24H29N7O4/c1-29(2)15-6-8-30(12-15)24-26-17-7-9-35-21(17)23(28-24)27-20-13-31(14-25-20)16-10-18(32-3)22(34-5)19(11-16)33-4/h7,9-11,13-15H,6,8,12H2,1-5H3,(H,26,27,28)/t15-/m1/s1. The Kier molecular flexibility index (Phi) is 6.08. The average molecular weight is 480 g/mol. The predicted molar refractivity (Wildman–Crippen MR) is 133 cm³/mol. The second kappa shape index (κ2) is 9.34. The molecule has 1 atom stereocenters. The van der Waals surface area contributed by atoms with Gasteiger partial charge in [0.15, 0.2) is 22.9 Å².